The fourth-order valence-corrected chi connectivity index (χ4v) is 1.25. The monoisotopic (exact) mass is 289 g/mol. The van der Waals surface area contributed by atoms with Crippen molar-refractivity contribution in [3.8, 4) is 0 Å². The fraction of sp³-hybridized carbons (Fsp3) is 0. The quantitative estimate of drug-likeness (QED) is 0.338. The zero-order chi connectivity index (χ0) is 8.59. The van der Waals surface area contributed by atoms with Crippen LogP contribution < -0.4 is 5.73 Å². The van der Waals surface area contributed by atoms with Crippen LogP contribution in [0.25, 0.3) is 0 Å². The normalized spacial score (nSPS) is 10.2. The average Bonchev–Trinajstić information content (AvgIpc) is 1.97. The molecule has 5 heteroatoms. The molecule has 0 fully saturated rings. The average molecular weight is 289 g/mol. The van der Waals surface area contributed by atoms with Gasteiger partial charge in [-0.1, -0.05) is 11.6 Å². The van der Waals surface area contributed by atoms with E-state index in [1.807, 2.05) is 0 Å². The molecule has 1 aromatic carbocycles. The van der Waals surface area contributed by atoms with Gasteiger partial charge in [-0.25, -0.2) is 8.78 Å². The summed E-state index contributed by atoms with van der Waals surface area (Å²) in [5.74, 6) is -1.68. The third-order valence-corrected chi connectivity index (χ3v) is 2.39. The first kappa shape index (κ1) is 8.99. The van der Waals surface area contributed by atoms with Crippen molar-refractivity contribution in [1.29, 1.82) is 0 Å². The lowest BCUT2D eigenvalue weighted by Crippen LogP contribution is -1.97. The molecule has 0 spiro atoms. The number of nitrogen functional groups attached to an aromatic ring is 1. The number of hydrogen-bond donors (Lipinski definition) is 1. The van der Waals surface area contributed by atoms with Crippen LogP contribution in [0.2, 0.25) is 5.02 Å². The number of nitrogens with two attached hydrogens (primary N) is 1. The Kier molecular flexibility index (Phi) is 2.54. The highest BCUT2D eigenvalue weighted by Gasteiger charge is 2.12. The van der Waals surface area contributed by atoms with Crippen LogP contribution in [0.15, 0.2) is 6.07 Å². The Balaban J connectivity index is 3.46. The summed E-state index contributed by atoms with van der Waals surface area (Å²) in [6.07, 6.45) is 0. The van der Waals surface area contributed by atoms with Crippen molar-refractivity contribution >= 4 is 39.9 Å². The van der Waals surface area contributed by atoms with Crippen LogP contribution in [-0.2, 0) is 0 Å². The van der Waals surface area contributed by atoms with Gasteiger partial charge in [0.15, 0.2) is 5.82 Å². The van der Waals surface area contributed by atoms with Crippen LogP contribution in [0.1, 0.15) is 0 Å². The maximum absolute atomic E-state index is 12.8. The first-order valence-corrected chi connectivity index (χ1v) is 4.08. The van der Waals surface area contributed by atoms with E-state index in [4.69, 9.17) is 17.3 Å². The summed E-state index contributed by atoms with van der Waals surface area (Å²) in [4.78, 5) is 0. The molecule has 0 saturated heterocycles. The van der Waals surface area contributed by atoms with E-state index < -0.39 is 16.7 Å². The second-order valence-electron chi connectivity index (χ2n) is 1.88. The van der Waals surface area contributed by atoms with Gasteiger partial charge in [-0.2, -0.15) is 0 Å². The Labute approximate surface area is 80.7 Å². The zero-order valence-electron chi connectivity index (χ0n) is 5.17. The lowest BCUT2D eigenvalue weighted by atomic mass is 10.3. The van der Waals surface area contributed by atoms with E-state index in [0.717, 1.165) is 6.07 Å². The number of benzene rings is 1. The molecule has 0 aliphatic heterocycles. The predicted octanol–water partition coefficient (Wildman–Crippen LogP) is 2.80. The van der Waals surface area contributed by atoms with Crippen molar-refractivity contribution in [2.45, 2.75) is 0 Å². The summed E-state index contributed by atoms with van der Waals surface area (Å²) in [6, 6.07) is 1.08. The van der Waals surface area contributed by atoms with Crippen molar-refractivity contribution < 1.29 is 8.78 Å². The van der Waals surface area contributed by atoms with Crippen molar-refractivity contribution in [2.75, 3.05) is 5.73 Å². The second-order valence-corrected chi connectivity index (χ2v) is 3.42. The van der Waals surface area contributed by atoms with Crippen LogP contribution in [0.5, 0.6) is 0 Å². The molecule has 0 bridgehead atoms. The van der Waals surface area contributed by atoms with Crippen LogP contribution in [0.4, 0.5) is 14.5 Å². The standard InChI is InChI=1S/C6H3ClF2IN/c7-4-2(8)1-3(10)6(11)5(4)9/h1H,11H2. The van der Waals surface area contributed by atoms with Gasteiger partial charge in [0.2, 0.25) is 0 Å². The molecule has 11 heavy (non-hydrogen) atoms. The van der Waals surface area contributed by atoms with Crippen LogP contribution in [0.3, 0.4) is 0 Å². The Morgan fingerprint density at radius 3 is 2.55 bits per heavy atom. The van der Waals surface area contributed by atoms with Crippen LogP contribution >= 0.6 is 34.2 Å². The topological polar surface area (TPSA) is 26.0 Å². The van der Waals surface area contributed by atoms with E-state index in [1.54, 1.807) is 22.6 Å². The minimum Gasteiger partial charge on any atom is -0.395 e. The number of hydrogen-bond acceptors (Lipinski definition) is 1. The molecule has 1 rings (SSSR count). The lowest BCUT2D eigenvalue weighted by molar-refractivity contribution is 0.585. The van der Waals surface area contributed by atoms with Crippen molar-refractivity contribution in [3.63, 3.8) is 0 Å². The Morgan fingerprint density at radius 2 is 2.00 bits per heavy atom. The molecule has 60 valence electrons. The lowest BCUT2D eigenvalue weighted by Gasteiger charge is -2.02. The molecule has 0 saturated carbocycles. The van der Waals surface area contributed by atoms with E-state index in [0.29, 0.717) is 3.57 Å². The zero-order valence-corrected chi connectivity index (χ0v) is 8.08. The molecule has 0 aromatic heterocycles. The van der Waals surface area contributed by atoms with Gasteiger partial charge in [0.25, 0.3) is 0 Å². The molecule has 1 nitrogen and oxygen atoms in total. The summed E-state index contributed by atoms with van der Waals surface area (Å²) in [5.41, 5.74) is 5.10. The van der Waals surface area contributed by atoms with Crippen LogP contribution in [0, 0.1) is 15.2 Å². The van der Waals surface area contributed by atoms with Gasteiger partial charge in [-0.3, -0.25) is 0 Å². The van der Waals surface area contributed by atoms with E-state index in [9.17, 15) is 8.78 Å². The van der Waals surface area contributed by atoms with Crippen molar-refractivity contribution in [2.24, 2.45) is 0 Å². The van der Waals surface area contributed by atoms with E-state index in [1.165, 1.54) is 0 Å². The van der Waals surface area contributed by atoms with Gasteiger partial charge in [-0.15, -0.1) is 0 Å². The molecule has 0 heterocycles. The van der Waals surface area contributed by atoms with Crippen molar-refractivity contribution in [1.82, 2.24) is 0 Å². The minimum atomic E-state index is -0.893. The third kappa shape index (κ3) is 1.56. The highest BCUT2D eigenvalue weighted by Crippen LogP contribution is 2.27. The first-order chi connectivity index (χ1) is 5.04. The minimum absolute atomic E-state index is 0.114. The summed E-state index contributed by atoms with van der Waals surface area (Å²) in [5, 5.41) is -0.553. The van der Waals surface area contributed by atoms with Gasteiger partial charge < -0.3 is 5.73 Å². The van der Waals surface area contributed by atoms with Gasteiger partial charge >= 0.3 is 0 Å². The molecular formula is C6H3ClF2IN. The molecule has 0 aliphatic rings. The smallest absolute Gasteiger partial charge is 0.168 e. The van der Waals surface area contributed by atoms with Gasteiger partial charge in [-0.05, 0) is 28.7 Å². The van der Waals surface area contributed by atoms with Gasteiger partial charge in [0.1, 0.15) is 10.8 Å². The third-order valence-electron chi connectivity index (χ3n) is 1.15. The maximum Gasteiger partial charge on any atom is 0.168 e. The summed E-state index contributed by atoms with van der Waals surface area (Å²) in [6.45, 7) is 0. The maximum atomic E-state index is 12.8. The molecule has 0 amide bonds. The van der Waals surface area contributed by atoms with E-state index >= 15 is 0 Å². The molecule has 0 atom stereocenters. The molecular weight excluding hydrogens is 286 g/mol. The van der Waals surface area contributed by atoms with Gasteiger partial charge in [0, 0.05) is 3.57 Å². The SMILES string of the molecule is Nc1c(I)cc(F)c(Cl)c1F. The molecule has 1 aromatic rings. The Hall–Kier alpha value is -0.100. The Bertz CT molecular complexity index is 277. The molecule has 0 radical (unpaired) electrons. The molecule has 0 unspecified atom stereocenters. The number of halogens is 4. The predicted molar refractivity (Wildman–Crippen MR) is 48.5 cm³/mol. The first-order valence-electron chi connectivity index (χ1n) is 2.62. The molecule has 0 aliphatic carbocycles. The summed E-state index contributed by atoms with van der Waals surface area (Å²) in [7, 11) is 0. The fourth-order valence-electron chi connectivity index (χ4n) is 0.580. The van der Waals surface area contributed by atoms with Crippen molar-refractivity contribution in [3.05, 3.63) is 26.3 Å². The largest absolute Gasteiger partial charge is 0.395 e. The number of anilines is 1. The highest BCUT2D eigenvalue weighted by molar-refractivity contribution is 14.1. The van der Waals surface area contributed by atoms with Crippen LogP contribution in [-0.4, -0.2) is 0 Å². The Morgan fingerprint density at radius 1 is 1.45 bits per heavy atom. The van der Waals surface area contributed by atoms with E-state index in [-0.39, 0.29) is 5.69 Å². The number of rotatable bonds is 0. The van der Waals surface area contributed by atoms with E-state index in [2.05, 4.69) is 0 Å². The highest BCUT2D eigenvalue weighted by atomic mass is 127. The molecule has 2 N–H and O–H groups in total. The second kappa shape index (κ2) is 3.10. The summed E-state index contributed by atoms with van der Waals surface area (Å²) >= 11 is 6.95. The van der Waals surface area contributed by atoms with Gasteiger partial charge in [0.05, 0.1) is 5.69 Å². The summed E-state index contributed by atoms with van der Waals surface area (Å²) < 4.78 is 25.7.